The quantitative estimate of drug-likeness (QED) is 0.778. The topological polar surface area (TPSA) is 90.2 Å². The van der Waals surface area contributed by atoms with Gasteiger partial charge in [0.1, 0.15) is 11.9 Å². The molecule has 0 aliphatic carbocycles. The normalized spacial score (nSPS) is 16.7. The van der Waals surface area contributed by atoms with Crippen LogP contribution in [0.3, 0.4) is 0 Å². The predicted octanol–water partition coefficient (Wildman–Crippen LogP) is 2.83. The molecule has 9 heteroatoms. The summed E-state index contributed by atoms with van der Waals surface area (Å²) in [6, 6.07) is 4.95. The van der Waals surface area contributed by atoms with Crippen LogP contribution in [0.2, 0.25) is 5.02 Å². The molecule has 1 aromatic carbocycles. The van der Waals surface area contributed by atoms with Crippen LogP contribution in [0.5, 0.6) is 0 Å². The number of likely N-dealkylation sites (tertiary alicyclic amines) is 1. The Balaban J connectivity index is 1.65. The molecule has 0 saturated carbocycles. The molecule has 0 radical (unpaired) electrons. The van der Waals surface area contributed by atoms with Crippen LogP contribution in [0.4, 0.5) is 4.79 Å². The van der Waals surface area contributed by atoms with Gasteiger partial charge in [-0.2, -0.15) is 0 Å². The first kappa shape index (κ1) is 19.3. The van der Waals surface area contributed by atoms with Gasteiger partial charge in [0.05, 0.1) is 11.7 Å². The first-order valence-electron chi connectivity index (χ1n) is 8.79. The van der Waals surface area contributed by atoms with Gasteiger partial charge in [0, 0.05) is 18.0 Å². The van der Waals surface area contributed by atoms with E-state index in [0.717, 1.165) is 11.3 Å². The molecule has 0 N–H and O–H groups in total. The second-order valence-corrected chi connectivity index (χ2v) is 7.91. The highest BCUT2D eigenvalue weighted by atomic mass is 35.5. The number of Topliss-reactive ketones (excluding diaryl/α,β-unsaturated/α-hetero) is 1. The summed E-state index contributed by atoms with van der Waals surface area (Å²) in [5, 5.41) is 11.8. The highest BCUT2D eigenvalue weighted by Crippen LogP contribution is 2.25. The summed E-state index contributed by atoms with van der Waals surface area (Å²) in [5.41, 5.74) is 1.06. The summed E-state index contributed by atoms with van der Waals surface area (Å²) in [7, 11) is 0. The predicted molar refractivity (Wildman–Crippen MR) is 98.8 cm³/mol. The van der Waals surface area contributed by atoms with Crippen LogP contribution in [-0.4, -0.2) is 55.2 Å². The highest BCUT2D eigenvalue weighted by Gasteiger charge is 2.39. The van der Waals surface area contributed by atoms with Crippen molar-refractivity contribution in [2.45, 2.75) is 51.7 Å². The van der Waals surface area contributed by atoms with Gasteiger partial charge in [0.25, 0.3) is 0 Å². The summed E-state index contributed by atoms with van der Waals surface area (Å²) in [5.74, 6) is 0.00903. The lowest BCUT2D eigenvalue weighted by Gasteiger charge is -2.40. The van der Waals surface area contributed by atoms with E-state index >= 15 is 0 Å². The molecule has 2 aromatic rings. The first-order chi connectivity index (χ1) is 12.7. The fourth-order valence-electron chi connectivity index (χ4n) is 2.94. The zero-order chi connectivity index (χ0) is 19.6. The summed E-state index contributed by atoms with van der Waals surface area (Å²) >= 11 is 6.11. The van der Waals surface area contributed by atoms with Crippen LogP contribution in [-0.2, 0) is 16.0 Å². The number of rotatable bonds is 5. The lowest BCUT2D eigenvalue weighted by molar-refractivity contribution is -0.128. The molecule has 1 atom stereocenters. The Hall–Kier alpha value is -2.48. The molecule has 144 valence electrons. The Morgan fingerprint density at radius 3 is 2.70 bits per heavy atom. The highest BCUT2D eigenvalue weighted by molar-refractivity contribution is 6.30. The van der Waals surface area contributed by atoms with Crippen molar-refractivity contribution in [3.05, 3.63) is 35.1 Å². The van der Waals surface area contributed by atoms with E-state index in [2.05, 4.69) is 15.5 Å². The molecule has 1 aliphatic heterocycles. The average molecular weight is 392 g/mol. The van der Waals surface area contributed by atoms with E-state index in [1.54, 1.807) is 32.9 Å². The first-order valence-corrected chi connectivity index (χ1v) is 9.16. The van der Waals surface area contributed by atoms with Gasteiger partial charge >= 0.3 is 6.09 Å². The van der Waals surface area contributed by atoms with Crippen LogP contribution >= 0.6 is 11.6 Å². The minimum Gasteiger partial charge on any atom is -0.444 e. The minimum atomic E-state index is -0.582. The number of carbonyl (C=O) groups excluding carboxylic acids is 2. The number of ketones is 1. The fraction of sp³-hybridized carbons (Fsp3) is 0.500. The van der Waals surface area contributed by atoms with Gasteiger partial charge in [0.15, 0.2) is 5.78 Å². The average Bonchev–Trinajstić information content (AvgIpc) is 3.04. The Morgan fingerprint density at radius 1 is 1.33 bits per heavy atom. The second-order valence-electron chi connectivity index (χ2n) is 7.47. The van der Waals surface area contributed by atoms with Gasteiger partial charge < -0.3 is 4.74 Å². The van der Waals surface area contributed by atoms with Crippen LogP contribution in [0.1, 0.15) is 39.2 Å². The van der Waals surface area contributed by atoms with E-state index in [1.807, 2.05) is 6.07 Å². The van der Waals surface area contributed by atoms with E-state index in [-0.39, 0.29) is 5.78 Å². The van der Waals surface area contributed by atoms with E-state index in [0.29, 0.717) is 30.8 Å². The molecule has 1 aromatic heterocycles. The van der Waals surface area contributed by atoms with E-state index in [4.69, 9.17) is 16.3 Å². The summed E-state index contributed by atoms with van der Waals surface area (Å²) < 4.78 is 6.89. The summed E-state index contributed by atoms with van der Waals surface area (Å²) in [6.07, 6.45) is 2.48. The standard InChI is InChI=1S/C18H22ClN5O3/c1-18(2,3)27-17(26)23-9-8-15(23)16(25)7-4-12-10-13(19)5-6-14(12)24-11-20-21-22-24/h5-6,10-11,15H,4,7-9H2,1-3H3/t15-/m0/s1. The number of aryl methyl sites for hydroxylation is 1. The smallest absolute Gasteiger partial charge is 0.410 e. The monoisotopic (exact) mass is 391 g/mol. The van der Waals surface area contributed by atoms with Gasteiger partial charge in [-0.1, -0.05) is 11.6 Å². The van der Waals surface area contributed by atoms with Crippen LogP contribution in [0.15, 0.2) is 24.5 Å². The molecule has 3 rings (SSSR count). The van der Waals surface area contributed by atoms with Crippen LogP contribution < -0.4 is 0 Å². The molecule has 27 heavy (non-hydrogen) atoms. The SMILES string of the molecule is CC(C)(C)OC(=O)N1CC[C@H]1C(=O)CCc1cc(Cl)ccc1-n1cnnn1. The van der Waals surface area contributed by atoms with Crippen molar-refractivity contribution in [2.75, 3.05) is 6.54 Å². The lowest BCUT2D eigenvalue weighted by Crippen LogP contribution is -2.56. The van der Waals surface area contributed by atoms with Gasteiger partial charge in [-0.15, -0.1) is 5.10 Å². The maximum atomic E-state index is 12.6. The summed E-state index contributed by atoms with van der Waals surface area (Å²) in [6.45, 7) is 5.96. The number of tetrazole rings is 1. The number of ether oxygens (including phenoxy) is 1. The molecule has 8 nitrogen and oxygen atoms in total. The number of hydrogen-bond donors (Lipinski definition) is 0. The Bertz CT molecular complexity index is 832. The minimum absolute atomic E-state index is 0.00903. The number of aromatic nitrogens is 4. The maximum absolute atomic E-state index is 12.6. The van der Waals surface area contributed by atoms with E-state index in [1.165, 1.54) is 15.9 Å². The third-order valence-electron chi connectivity index (χ3n) is 4.30. The molecule has 1 aliphatic rings. The van der Waals surface area contributed by atoms with Gasteiger partial charge in [0.2, 0.25) is 0 Å². The van der Waals surface area contributed by atoms with Crippen molar-refractivity contribution >= 4 is 23.5 Å². The number of benzene rings is 1. The maximum Gasteiger partial charge on any atom is 0.410 e. The lowest BCUT2D eigenvalue weighted by atomic mass is 9.94. The second kappa shape index (κ2) is 7.64. The molecule has 2 heterocycles. The Kier molecular flexibility index (Phi) is 5.46. The van der Waals surface area contributed by atoms with Crippen molar-refractivity contribution in [3.63, 3.8) is 0 Å². The van der Waals surface area contributed by atoms with Gasteiger partial charge in [-0.05, 0) is 67.8 Å². The van der Waals surface area contributed by atoms with Gasteiger partial charge in [-0.25, -0.2) is 9.48 Å². The molecule has 0 unspecified atom stereocenters. The van der Waals surface area contributed by atoms with E-state index in [9.17, 15) is 9.59 Å². The van der Waals surface area contributed by atoms with Crippen molar-refractivity contribution in [1.82, 2.24) is 25.1 Å². The van der Waals surface area contributed by atoms with Crippen molar-refractivity contribution in [3.8, 4) is 5.69 Å². The Labute approximate surface area is 162 Å². The molecular formula is C18H22ClN5O3. The number of hydrogen-bond acceptors (Lipinski definition) is 6. The van der Waals surface area contributed by atoms with Crippen LogP contribution in [0.25, 0.3) is 5.69 Å². The van der Waals surface area contributed by atoms with Crippen molar-refractivity contribution in [2.24, 2.45) is 0 Å². The van der Waals surface area contributed by atoms with Crippen LogP contribution in [0, 0.1) is 0 Å². The molecule has 1 fully saturated rings. The molecule has 1 amide bonds. The molecule has 0 bridgehead atoms. The largest absolute Gasteiger partial charge is 0.444 e. The third kappa shape index (κ3) is 4.63. The molecule has 1 saturated heterocycles. The zero-order valence-electron chi connectivity index (χ0n) is 15.6. The third-order valence-corrected chi connectivity index (χ3v) is 4.53. The Morgan fingerprint density at radius 2 is 2.11 bits per heavy atom. The fourth-order valence-corrected chi connectivity index (χ4v) is 3.13. The molecule has 0 spiro atoms. The molecular weight excluding hydrogens is 370 g/mol. The van der Waals surface area contributed by atoms with Crippen molar-refractivity contribution in [1.29, 1.82) is 0 Å². The number of nitrogens with zero attached hydrogens (tertiary/aromatic N) is 5. The van der Waals surface area contributed by atoms with Gasteiger partial charge in [-0.3, -0.25) is 9.69 Å². The number of carbonyl (C=O) groups is 2. The zero-order valence-corrected chi connectivity index (χ0v) is 16.3. The number of halogens is 1. The van der Waals surface area contributed by atoms with E-state index < -0.39 is 17.7 Å². The number of amides is 1. The summed E-state index contributed by atoms with van der Waals surface area (Å²) in [4.78, 5) is 26.3. The van der Waals surface area contributed by atoms with Crippen molar-refractivity contribution < 1.29 is 14.3 Å².